The van der Waals surface area contributed by atoms with Crippen LogP contribution in [0.25, 0.3) is 0 Å². The van der Waals surface area contributed by atoms with Crippen molar-refractivity contribution in [3.05, 3.63) is 0 Å². The summed E-state index contributed by atoms with van der Waals surface area (Å²) in [5, 5.41) is 0. The molecule has 80 valence electrons. The Balaban J connectivity index is 3.87. The Hall–Kier alpha value is -0.0400. The number of hydrogen-bond acceptors (Lipinski definition) is 1. The van der Waals surface area contributed by atoms with Crippen molar-refractivity contribution >= 4 is 0 Å². The SMILES string of the molecule is CCCCC(C)C(CCC)C(C)N. The monoisotopic (exact) mass is 185 g/mol. The first-order chi connectivity index (χ1) is 6.13. The maximum Gasteiger partial charge on any atom is 0.00413 e. The Kier molecular flexibility index (Phi) is 7.35. The molecule has 0 bridgehead atoms. The van der Waals surface area contributed by atoms with Gasteiger partial charge >= 0.3 is 0 Å². The molecule has 0 heterocycles. The van der Waals surface area contributed by atoms with Crippen LogP contribution in [0.1, 0.15) is 59.8 Å². The van der Waals surface area contributed by atoms with Gasteiger partial charge in [-0.15, -0.1) is 0 Å². The molecule has 0 radical (unpaired) electrons. The van der Waals surface area contributed by atoms with Crippen LogP contribution in [-0.4, -0.2) is 6.04 Å². The molecule has 1 heteroatoms. The normalized spacial score (nSPS) is 18.2. The van der Waals surface area contributed by atoms with E-state index in [1.165, 1.54) is 32.1 Å². The molecule has 0 rings (SSSR count). The van der Waals surface area contributed by atoms with E-state index in [4.69, 9.17) is 5.73 Å². The second-order valence-corrected chi connectivity index (χ2v) is 4.43. The molecule has 3 unspecified atom stereocenters. The van der Waals surface area contributed by atoms with Crippen molar-refractivity contribution in [3.63, 3.8) is 0 Å². The molecule has 0 aromatic heterocycles. The van der Waals surface area contributed by atoms with Crippen molar-refractivity contribution in [2.75, 3.05) is 0 Å². The van der Waals surface area contributed by atoms with Crippen molar-refractivity contribution in [2.24, 2.45) is 17.6 Å². The van der Waals surface area contributed by atoms with Crippen LogP contribution < -0.4 is 5.73 Å². The van der Waals surface area contributed by atoms with E-state index in [2.05, 4.69) is 27.7 Å². The van der Waals surface area contributed by atoms with Gasteiger partial charge < -0.3 is 5.73 Å². The standard InChI is InChI=1S/C12H27N/c1-5-7-9-10(3)12(8-6-2)11(4)13/h10-12H,5-9,13H2,1-4H3. The van der Waals surface area contributed by atoms with E-state index in [9.17, 15) is 0 Å². The predicted molar refractivity (Wildman–Crippen MR) is 60.7 cm³/mol. The summed E-state index contributed by atoms with van der Waals surface area (Å²) in [6.07, 6.45) is 6.57. The van der Waals surface area contributed by atoms with E-state index in [-0.39, 0.29) is 0 Å². The first-order valence-electron chi connectivity index (χ1n) is 5.89. The largest absolute Gasteiger partial charge is 0.328 e. The zero-order valence-electron chi connectivity index (χ0n) is 9.84. The fourth-order valence-corrected chi connectivity index (χ4v) is 2.14. The molecule has 2 N–H and O–H groups in total. The van der Waals surface area contributed by atoms with Crippen LogP contribution >= 0.6 is 0 Å². The topological polar surface area (TPSA) is 26.0 Å². The van der Waals surface area contributed by atoms with Crippen molar-refractivity contribution in [3.8, 4) is 0 Å². The molecular weight excluding hydrogens is 158 g/mol. The van der Waals surface area contributed by atoms with Gasteiger partial charge in [0.2, 0.25) is 0 Å². The first-order valence-corrected chi connectivity index (χ1v) is 5.89. The van der Waals surface area contributed by atoms with Gasteiger partial charge in [0.1, 0.15) is 0 Å². The highest BCUT2D eigenvalue weighted by Gasteiger charge is 2.19. The molecule has 13 heavy (non-hydrogen) atoms. The van der Waals surface area contributed by atoms with E-state index < -0.39 is 0 Å². The fraction of sp³-hybridized carbons (Fsp3) is 1.00. The molecule has 0 aliphatic rings. The maximum absolute atomic E-state index is 6.00. The quantitative estimate of drug-likeness (QED) is 0.644. The molecule has 0 aromatic carbocycles. The molecule has 0 aromatic rings. The highest BCUT2D eigenvalue weighted by molar-refractivity contribution is 4.73. The number of nitrogens with two attached hydrogens (primary N) is 1. The van der Waals surface area contributed by atoms with E-state index in [0.29, 0.717) is 6.04 Å². The summed E-state index contributed by atoms with van der Waals surface area (Å²) in [5.41, 5.74) is 6.00. The van der Waals surface area contributed by atoms with E-state index in [1.807, 2.05) is 0 Å². The summed E-state index contributed by atoms with van der Waals surface area (Å²) in [6.45, 7) is 9.03. The second-order valence-electron chi connectivity index (χ2n) is 4.43. The first kappa shape index (κ1) is 13.0. The maximum atomic E-state index is 6.00. The summed E-state index contributed by atoms with van der Waals surface area (Å²) in [7, 11) is 0. The number of hydrogen-bond donors (Lipinski definition) is 1. The predicted octanol–water partition coefficient (Wildman–Crippen LogP) is 3.58. The lowest BCUT2D eigenvalue weighted by atomic mass is 9.82. The minimum absolute atomic E-state index is 0.367. The van der Waals surface area contributed by atoms with Gasteiger partial charge in [0.25, 0.3) is 0 Å². The molecule has 3 atom stereocenters. The molecule has 0 amide bonds. The van der Waals surface area contributed by atoms with Crippen LogP contribution in [0.5, 0.6) is 0 Å². The summed E-state index contributed by atoms with van der Waals surface area (Å²) in [6, 6.07) is 0.367. The molecule has 0 saturated heterocycles. The van der Waals surface area contributed by atoms with Gasteiger partial charge in [-0.05, 0) is 25.2 Å². The highest BCUT2D eigenvalue weighted by Crippen LogP contribution is 2.24. The Morgan fingerprint density at radius 2 is 1.62 bits per heavy atom. The number of rotatable bonds is 7. The van der Waals surface area contributed by atoms with Gasteiger partial charge in [0, 0.05) is 6.04 Å². The van der Waals surface area contributed by atoms with Gasteiger partial charge in [-0.25, -0.2) is 0 Å². The van der Waals surface area contributed by atoms with Gasteiger partial charge in [-0.1, -0.05) is 46.5 Å². The highest BCUT2D eigenvalue weighted by atomic mass is 14.6. The second kappa shape index (κ2) is 7.37. The third kappa shape index (κ3) is 5.30. The molecule has 0 aliphatic heterocycles. The van der Waals surface area contributed by atoms with Crippen LogP contribution in [0.3, 0.4) is 0 Å². The van der Waals surface area contributed by atoms with Crippen molar-refractivity contribution in [1.82, 2.24) is 0 Å². The smallest absolute Gasteiger partial charge is 0.00413 e. The third-order valence-electron chi connectivity index (χ3n) is 3.04. The lowest BCUT2D eigenvalue weighted by Crippen LogP contribution is -2.31. The molecule has 0 saturated carbocycles. The lowest BCUT2D eigenvalue weighted by molar-refractivity contribution is 0.271. The molecule has 0 aliphatic carbocycles. The van der Waals surface area contributed by atoms with Gasteiger partial charge in [-0.2, -0.15) is 0 Å². The summed E-state index contributed by atoms with van der Waals surface area (Å²) in [4.78, 5) is 0. The van der Waals surface area contributed by atoms with Crippen LogP contribution in [0.15, 0.2) is 0 Å². The van der Waals surface area contributed by atoms with Gasteiger partial charge in [0.15, 0.2) is 0 Å². The third-order valence-corrected chi connectivity index (χ3v) is 3.04. The Bertz CT molecular complexity index is 110. The molecule has 0 spiro atoms. The van der Waals surface area contributed by atoms with Gasteiger partial charge in [0.05, 0.1) is 0 Å². The Morgan fingerprint density at radius 3 is 2.00 bits per heavy atom. The minimum atomic E-state index is 0.367. The minimum Gasteiger partial charge on any atom is -0.328 e. The Labute approximate surface area is 84.1 Å². The van der Waals surface area contributed by atoms with Crippen LogP contribution in [-0.2, 0) is 0 Å². The van der Waals surface area contributed by atoms with Crippen LogP contribution in [0.2, 0.25) is 0 Å². The summed E-state index contributed by atoms with van der Waals surface area (Å²) < 4.78 is 0. The zero-order chi connectivity index (χ0) is 10.3. The van der Waals surface area contributed by atoms with E-state index in [1.54, 1.807) is 0 Å². The van der Waals surface area contributed by atoms with E-state index in [0.717, 1.165) is 11.8 Å². The van der Waals surface area contributed by atoms with E-state index >= 15 is 0 Å². The van der Waals surface area contributed by atoms with Crippen molar-refractivity contribution in [2.45, 2.75) is 65.8 Å². The average molecular weight is 185 g/mol. The van der Waals surface area contributed by atoms with Crippen LogP contribution in [0.4, 0.5) is 0 Å². The Morgan fingerprint density at radius 1 is 1.00 bits per heavy atom. The molecular formula is C12H27N. The van der Waals surface area contributed by atoms with Crippen molar-refractivity contribution < 1.29 is 0 Å². The fourth-order valence-electron chi connectivity index (χ4n) is 2.14. The zero-order valence-corrected chi connectivity index (χ0v) is 9.84. The van der Waals surface area contributed by atoms with Crippen molar-refractivity contribution in [1.29, 1.82) is 0 Å². The summed E-state index contributed by atoms with van der Waals surface area (Å²) >= 11 is 0. The molecule has 1 nitrogen and oxygen atoms in total. The average Bonchev–Trinajstić information content (AvgIpc) is 2.09. The summed E-state index contributed by atoms with van der Waals surface area (Å²) in [5.74, 6) is 1.54. The van der Waals surface area contributed by atoms with Gasteiger partial charge in [-0.3, -0.25) is 0 Å². The van der Waals surface area contributed by atoms with Crippen LogP contribution in [0, 0.1) is 11.8 Å². The number of unbranched alkanes of at least 4 members (excludes halogenated alkanes) is 1. The lowest BCUT2D eigenvalue weighted by Gasteiger charge is -2.27. The molecule has 0 fully saturated rings.